The van der Waals surface area contributed by atoms with Gasteiger partial charge in [-0.15, -0.1) is 0 Å². The zero-order chi connectivity index (χ0) is 15.2. The SMILES string of the molecule is COC(=O)NCCN(Cc1ccc(Cl)cc1)S(C)(=O)=O. The molecule has 1 amide bonds. The highest BCUT2D eigenvalue weighted by atomic mass is 35.5. The van der Waals surface area contributed by atoms with Crippen LogP contribution in [0.4, 0.5) is 4.79 Å². The van der Waals surface area contributed by atoms with E-state index in [9.17, 15) is 13.2 Å². The van der Waals surface area contributed by atoms with Gasteiger partial charge in [0.15, 0.2) is 0 Å². The molecular formula is C12H17ClN2O4S. The van der Waals surface area contributed by atoms with Crippen molar-refractivity contribution in [1.29, 1.82) is 0 Å². The maximum atomic E-state index is 11.7. The van der Waals surface area contributed by atoms with E-state index in [-0.39, 0.29) is 19.6 Å². The normalized spacial score (nSPS) is 11.4. The molecule has 0 bridgehead atoms. The van der Waals surface area contributed by atoms with Gasteiger partial charge in [-0.3, -0.25) is 0 Å². The number of ether oxygens (including phenoxy) is 1. The summed E-state index contributed by atoms with van der Waals surface area (Å²) in [5.41, 5.74) is 0.817. The highest BCUT2D eigenvalue weighted by Gasteiger charge is 2.17. The van der Waals surface area contributed by atoms with Crippen LogP contribution in [-0.4, -0.2) is 45.3 Å². The predicted molar refractivity (Wildman–Crippen MR) is 77.1 cm³/mol. The second-order valence-electron chi connectivity index (χ2n) is 4.14. The third-order valence-electron chi connectivity index (χ3n) is 2.56. The summed E-state index contributed by atoms with van der Waals surface area (Å²) in [5, 5.41) is 3.03. The Kier molecular flexibility index (Phi) is 6.25. The summed E-state index contributed by atoms with van der Waals surface area (Å²) < 4.78 is 29.1. The number of amides is 1. The van der Waals surface area contributed by atoms with Crippen molar-refractivity contribution in [2.45, 2.75) is 6.54 Å². The van der Waals surface area contributed by atoms with Crippen LogP contribution in [0.3, 0.4) is 0 Å². The smallest absolute Gasteiger partial charge is 0.406 e. The number of carbonyl (C=O) groups is 1. The minimum atomic E-state index is -3.37. The van der Waals surface area contributed by atoms with Crippen molar-refractivity contribution < 1.29 is 17.9 Å². The van der Waals surface area contributed by atoms with Gasteiger partial charge in [0.25, 0.3) is 0 Å². The summed E-state index contributed by atoms with van der Waals surface area (Å²) in [6.07, 6.45) is 0.533. The summed E-state index contributed by atoms with van der Waals surface area (Å²) >= 11 is 5.78. The van der Waals surface area contributed by atoms with E-state index in [0.29, 0.717) is 5.02 Å². The van der Waals surface area contributed by atoms with Crippen LogP contribution in [0.1, 0.15) is 5.56 Å². The lowest BCUT2D eigenvalue weighted by molar-refractivity contribution is 0.170. The lowest BCUT2D eigenvalue weighted by Crippen LogP contribution is -2.37. The highest BCUT2D eigenvalue weighted by Crippen LogP contribution is 2.12. The summed E-state index contributed by atoms with van der Waals surface area (Å²) in [7, 11) is -2.12. The molecular weight excluding hydrogens is 304 g/mol. The minimum Gasteiger partial charge on any atom is -0.453 e. The minimum absolute atomic E-state index is 0.163. The number of halogens is 1. The molecule has 112 valence electrons. The van der Waals surface area contributed by atoms with Crippen LogP contribution in [0.25, 0.3) is 0 Å². The molecule has 0 unspecified atom stereocenters. The number of nitrogens with zero attached hydrogens (tertiary/aromatic N) is 1. The zero-order valence-electron chi connectivity index (χ0n) is 11.3. The van der Waals surface area contributed by atoms with Crippen molar-refractivity contribution in [3.8, 4) is 0 Å². The Labute approximate surface area is 123 Å². The number of rotatable bonds is 6. The molecule has 0 radical (unpaired) electrons. The van der Waals surface area contributed by atoms with E-state index < -0.39 is 16.1 Å². The second kappa shape index (κ2) is 7.47. The van der Waals surface area contributed by atoms with Crippen LogP contribution in [-0.2, 0) is 21.3 Å². The van der Waals surface area contributed by atoms with Gasteiger partial charge in [-0.2, -0.15) is 4.31 Å². The summed E-state index contributed by atoms with van der Waals surface area (Å²) in [6, 6.07) is 6.91. The maximum Gasteiger partial charge on any atom is 0.406 e. The fraction of sp³-hybridized carbons (Fsp3) is 0.417. The molecule has 20 heavy (non-hydrogen) atoms. The van der Waals surface area contributed by atoms with Crippen molar-refractivity contribution in [3.63, 3.8) is 0 Å². The summed E-state index contributed by atoms with van der Waals surface area (Å²) in [4.78, 5) is 10.9. The van der Waals surface area contributed by atoms with Crippen LogP contribution in [0.5, 0.6) is 0 Å². The first-order chi connectivity index (χ1) is 9.32. The van der Waals surface area contributed by atoms with Gasteiger partial charge in [0, 0.05) is 24.7 Å². The molecule has 0 saturated heterocycles. The first-order valence-electron chi connectivity index (χ1n) is 5.84. The lowest BCUT2D eigenvalue weighted by atomic mass is 10.2. The number of sulfonamides is 1. The van der Waals surface area contributed by atoms with Gasteiger partial charge in [0.05, 0.1) is 13.4 Å². The van der Waals surface area contributed by atoms with E-state index in [1.54, 1.807) is 24.3 Å². The van der Waals surface area contributed by atoms with E-state index in [2.05, 4.69) is 10.1 Å². The van der Waals surface area contributed by atoms with Crippen LogP contribution < -0.4 is 5.32 Å². The zero-order valence-corrected chi connectivity index (χ0v) is 12.9. The van der Waals surface area contributed by atoms with Crippen LogP contribution >= 0.6 is 11.6 Å². The fourth-order valence-corrected chi connectivity index (χ4v) is 2.44. The number of carbonyl (C=O) groups excluding carboxylic acids is 1. The largest absolute Gasteiger partial charge is 0.453 e. The summed E-state index contributed by atoms with van der Waals surface area (Å²) in [6.45, 7) is 0.558. The molecule has 0 heterocycles. The fourth-order valence-electron chi connectivity index (χ4n) is 1.51. The Hall–Kier alpha value is -1.31. The molecule has 0 atom stereocenters. The highest BCUT2D eigenvalue weighted by molar-refractivity contribution is 7.88. The Morgan fingerprint density at radius 2 is 1.95 bits per heavy atom. The number of hydrogen-bond acceptors (Lipinski definition) is 4. The third-order valence-corrected chi connectivity index (χ3v) is 4.06. The Morgan fingerprint density at radius 3 is 2.45 bits per heavy atom. The van der Waals surface area contributed by atoms with Gasteiger partial charge in [0.2, 0.25) is 10.0 Å². The summed E-state index contributed by atoms with van der Waals surface area (Å²) in [5.74, 6) is 0. The van der Waals surface area contributed by atoms with E-state index in [1.807, 2.05) is 0 Å². The van der Waals surface area contributed by atoms with E-state index >= 15 is 0 Å². The van der Waals surface area contributed by atoms with Gasteiger partial charge in [0.1, 0.15) is 0 Å². The van der Waals surface area contributed by atoms with Crippen molar-refractivity contribution >= 4 is 27.7 Å². The Morgan fingerprint density at radius 1 is 1.35 bits per heavy atom. The average molecular weight is 321 g/mol. The molecule has 0 aliphatic carbocycles. The van der Waals surface area contributed by atoms with Crippen molar-refractivity contribution in [1.82, 2.24) is 9.62 Å². The number of methoxy groups -OCH3 is 1. The lowest BCUT2D eigenvalue weighted by Gasteiger charge is -2.20. The molecule has 0 saturated carbocycles. The molecule has 8 heteroatoms. The molecule has 0 spiro atoms. The number of hydrogen-bond donors (Lipinski definition) is 1. The molecule has 0 aliphatic rings. The quantitative estimate of drug-likeness (QED) is 0.861. The molecule has 1 aromatic rings. The van der Waals surface area contributed by atoms with Gasteiger partial charge in [-0.05, 0) is 17.7 Å². The van der Waals surface area contributed by atoms with Crippen molar-refractivity contribution in [2.24, 2.45) is 0 Å². The third kappa shape index (κ3) is 5.77. The number of alkyl carbamates (subject to hydrolysis) is 1. The van der Waals surface area contributed by atoms with Gasteiger partial charge >= 0.3 is 6.09 Å². The Balaban J connectivity index is 2.66. The predicted octanol–water partition coefficient (Wildman–Crippen LogP) is 1.46. The molecule has 1 rings (SSSR count). The first kappa shape index (κ1) is 16.7. The molecule has 1 N–H and O–H groups in total. The van der Waals surface area contributed by atoms with Crippen molar-refractivity contribution in [3.05, 3.63) is 34.9 Å². The van der Waals surface area contributed by atoms with Crippen LogP contribution in [0.2, 0.25) is 5.02 Å². The maximum absolute atomic E-state index is 11.7. The van der Waals surface area contributed by atoms with Gasteiger partial charge in [-0.25, -0.2) is 13.2 Å². The molecule has 0 aromatic heterocycles. The topological polar surface area (TPSA) is 75.7 Å². The second-order valence-corrected chi connectivity index (χ2v) is 6.56. The number of benzene rings is 1. The monoisotopic (exact) mass is 320 g/mol. The standard InChI is InChI=1S/C12H17ClN2O4S/c1-19-12(16)14-7-8-15(20(2,17)18)9-10-3-5-11(13)6-4-10/h3-6H,7-9H2,1-2H3,(H,14,16). The van der Waals surface area contributed by atoms with Gasteiger partial charge < -0.3 is 10.1 Å². The van der Waals surface area contributed by atoms with E-state index in [1.165, 1.54) is 11.4 Å². The van der Waals surface area contributed by atoms with Gasteiger partial charge in [-0.1, -0.05) is 23.7 Å². The van der Waals surface area contributed by atoms with Crippen molar-refractivity contribution in [2.75, 3.05) is 26.5 Å². The molecule has 1 aromatic carbocycles. The van der Waals surface area contributed by atoms with E-state index in [0.717, 1.165) is 11.8 Å². The average Bonchev–Trinajstić information content (AvgIpc) is 2.38. The Bertz CT molecular complexity index is 545. The van der Waals surface area contributed by atoms with E-state index in [4.69, 9.17) is 11.6 Å². The molecule has 0 aliphatic heterocycles. The molecule has 0 fully saturated rings. The number of nitrogens with one attached hydrogen (secondary N) is 1. The van der Waals surface area contributed by atoms with Crippen LogP contribution in [0.15, 0.2) is 24.3 Å². The van der Waals surface area contributed by atoms with Crippen LogP contribution in [0, 0.1) is 0 Å². The molecule has 6 nitrogen and oxygen atoms in total. The first-order valence-corrected chi connectivity index (χ1v) is 8.07.